The summed E-state index contributed by atoms with van der Waals surface area (Å²) >= 11 is 1.90. The van der Waals surface area contributed by atoms with E-state index in [1.165, 1.54) is 40.6 Å². The smallest absolute Gasteiger partial charge is 0.123 e. The number of nitrogens with one attached hydrogen (secondary N) is 1. The third-order valence-corrected chi connectivity index (χ3v) is 5.13. The molecule has 1 unspecified atom stereocenters. The largest absolute Gasteiger partial charge is 0.306 e. The van der Waals surface area contributed by atoms with Crippen molar-refractivity contribution >= 4 is 11.3 Å². The zero-order valence-corrected chi connectivity index (χ0v) is 12.6. The van der Waals surface area contributed by atoms with Gasteiger partial charge in [-0.15, -0.1) is 11.3 Å². The van der Waals surface area contributed by atoms with Gasteiger partial charge in [0.25, 0.3) is 0 Å². The molecule has 0 amide bonds. The Morgan fingerprint density at radius 1 is 1.30 bits per heavy atom. The average Bonchev–Trinajstić information content (AvgIpc) is 3.00. The first-order chi connectivity index (χ1) is 9.78. The van der Waals surface area contributed by atoms with Crippen LogP contribution in [0.4, 0.5) is 4.39 Å². The molecular weight excluding hydrogens is 269 g/mol. The second-order valence-corrected chi connectivity index (χ2v) is 6.56. The van der Waals surface area contributed by atoms with Gasteiger partial charge in [0.1, 0.15) is 5.82 Å². The van der Waals surface area contributed by atoms with Gasteiger partial charge in [-0.2, -0.15) is 0 Å². The molecule has 1 aliphatic carbocycles. The number of hydrogen-bond acceptors (Lipinski definition) is 2. The molecule has 0 saturated carbocycles. The maximum Gasteiger partial charge on any atom is 0.123 e. The molecule has 1 heterocycles. The van der Waals surface area contributed by atoms with Crippen molar-refractivity contribution in [3.05, 3.63) is 57.0 Å². The van der Waals surface area contributed by atoms with Crippen molar-refractivity contribution in [3.8, 4) is 0 Å². The van der Waals surface area contributed by atoms with E-state index in [0.29, 0.717) is 0 Å². The number of benzene rings is 1. The molecule has 0 radical (unpaired) electrons. The minimum Gasteiger partial charge on any atom is -0.306 e. The first-order valence-electron chi connectivity index (χ1n) is 7.38. The number of aryl methyl sites for hydroxylation is 2. The minimum atomic E-state index is -0.158. The Hall–Kier alpha value is -1.19. The predicted octanol–water partition coefficient (Wildman–Crippen LogP) is 4.46. The first-order valence-corrected chi connectivity index (χ1v) is 8.20. The molecule has 20 heavy (non-hydrogen) atoms. The molecule has 0 bridgehead atoms. The fourth-order valence-electron chi connectivity index (χ4n) is 2.85. The number of halogens is 1. The lowest BCUT2D eigenvalue weighted by molar-refractivity contribution is 0.590. The van der Waals surface area contributed by atoms with Gasteiger partial charge in [-0.05, 0) is 61.6 Å². The Bertz CT molecular complexity index is 569. The number of hydrogen-bond donors (Lipinski definition) is 1. The highest BCUT2D eigenvalue weighted by Crippen LogP contribution is 2.36. The molecule has 1 aliphatic rings. The van der Waals surface area contributed by atoms with Crippen molar-refractivity contribution in [3.63, 3.8) is 0 Å². The van der Waals surface area contributed by atoms with Crippen LogP contribution in [-0.4, -0.2) is 6.54 Å². The third kappa shape index (κ3) is 2.79. The van der Waals surface area contributed by atoms with Gasteiger partial charge in [0.2, 0.25) is 0 Å². The second-order valence-electron chi connectivity index (χ2n) is 5.39. The fraction of sp³-hybridized carbons (Fsp3) is 0.412. The van der Waals surface area contributed by atoms with Crippen LogP contribution in [-0.2, 0) is 12.8 Å². The fourth-order valence-corrected chi connectivity index (χ4v) is 4.21. The van der Waals surface area contributed by atoms with E-state index < -0.39 is 0 Å². The Morgan fingerprint density at radius 3 is 2.95 bits per heavy atom. The van der Waals surface area contributed by atoms with Gasteiger partial charge >= 0.3 is 0 Å². The van der Waals surface area contributed by atoms with Crippen molar-refractivity contribution in [2.45, 2.75) is 38.6 Å². The standard InChI is InChI=1S/C17H20FNS/c1-2-9-19-17(13-6-3-7-14(18)10-13)16-11-12-5-4-8-15(12)20-16/h3,6-7,10-11,17,19H,2,4-5,8-9H2,1H3. The van der Waals surface area contributed by atoms with Gasteiger partial charge in [0, 0.05) is 9.75 Å². The quantitative estimate of drug-likeness (QED) is 0.856. The monoisotopic (exact) mass is 289 g/mol. The van der Waals surface area contributed by atoms with Crippen molar-refractivity contribution < 1.29 is 4.39 Å². The summed E-state index contributed by atoms with van der Waals surface area (Å²) in [4.78, 5) is 2.86. The summed E-state index contributed by atoms with van der Waals surface area (Å²) in [6.07, 6.45) is 4.78. The molecule has 0 saturated heterocycles. The van der Waals surface area contributed by atoms with Crippen molar-refractivity contribution in [1.29, 1.82) is 0 Å². The molecule has 1 aromatic carbocycles. The van der Waals surface area contributed by atoms with Crippen LogP contribution in [0.2, 0.25) is 0 Å². The summed E-state index contributed by atoms with van der Waals surface area (Å²) in [7, 11) is 0. The van der Waals surface area contributed by atoms with E-state index >= 15 is 0 Å². The van der Waals surface area contributed by atoms with Crippen LogP contribution in [0.5, 0.6) is 0 Å². The summed E-state index contributed by atoms with van der Waals surface area (Å²) in [5, 5.41) is 3.56. The normalized spacial score (nSPS) is 15.3. The number of thiophene rings is 1. The molecule has 1 N–H and O–H groups in total. The van der Waals surface area contributed by atoms with E-state index in [9.17, 15) is 4.39 Å². The van der Waals surface area contributed by atoms with Crippen LogP contribution >= 0.6 is 11.3 Å². The third-order valence-electron chi connectivity index (χ3n) is 3.83. The minimum absolute atomic E-state index is 0.126. The molecule has 1 aromatic heterocycles. The maximum absolute atomic E-state index is 13.5. The lowest BCUT2D eigenvalue weighted by Crippen LogP contribution is -2.22. The zero-order chi connectivity index (χ0) is 13.9. The van der Waals surface area contributed by atoms with Crippen LogP contribution in [0, 0.1) is 5.82 Å². The van der Waals surface area contributed by atoms with E-state index in [4.69, 9.17) is 0 Å². The van der Waals surface area contributed by atoms with Gasteiger partial charge in [0.15, 0.2) is 0 Å². The van der Waals surface area contributed by atoms with E-state index in [-0.39, 0.29) is 11.9 Å². The second kappa shape index (κ2) is 6.06. The first kappa shape index (κ1) is 13.8. The Morgan fingerprint density at radius 2 is 2.20 bits per heavy atom. The topological polar surface area (TPSA) is 12.0 Å². The molecule has 3 heteroatoms. The Balaban J connectivity index is 1.92. The highest BCUT2D eigenvalue weighted by molar-refractivity contribution is 7.12. The molecule has 3 rings (SSSR count). The van der Waals surface area contributed by atoms with E-state index in [1.807, 2.05) is 17.4 Å². The summed E-state index contributed by atoms with van der Waals surface area (Å²) < 4.78 is 13.5. The predicted molar refractivity (Wildman–Crippen MR) is 82.9 cm³/mol. The van der Waals surface area contributed by atoms with Gasteiger partial charge in [-0.25, -0.2) is 4.39 Å². The summed E-state index contributed by atoms with van der Waals surface area (Å²) in [6, 6.07) is 9.42. The molecule has 1 atom stereocenters. The maximum atomic E-state index is 13.5. The summed E-state index contributed by atoms with van der Waals surface area (Å²) in [5.41, 5.74) is 2.53. The summed E-state index contributed by atoms with van der Waals surface area (Å²) in [5.74, 6) is -0.158. The highest BCUT2D eigenvalue weighted by atomic mass is 32.1. The van der Waals surface area contributed by atoms with Crippen LogP contribution in [0.15, 0.2) is 30.3 Å². The van der Waals surface area contributed by atoms with Gasteiger partial charge in [-0.1, -0.05) is 19.1 Å². The summed E-state index contributed by atoms with van der Waals surface area (Å²) in [6.45, 7) is 3.10. The molecule has 1 nitrogen and oxygen atoms in total. The zero-order valence-electron chi connectivity index (χ0n) is 11.8. The van der Waals surface area contributed by atoms with Crippen LogP contribution in [0.1, 0.15) is 46.7 Å². The number of rotatable bonds is 5. The molecule has 0 spiro atoms. The Kier molecular flexibility index (Phi) is 4.18. The van der Waals surface area contributed by atoms with Gasteiger partial charge < -0.3 is 5.32 Å². The van der Waals surface area contributed by atoms with Crippen molar-refractivity contribution in [2.24, 2.45) is 0 Å². The van der Waals surface area contributed by atoms with Crippen molar-refractivity contribution in [1.82, 2.24) is 5.32 Å². The van der Waals surface area contributed by atoms with Crippen LogP contribution < -0.4 is 5.32 Å². The Labute approximate surface area is 123 Å². The molecule has 106 valence electrons. The molecule has 2 aromatic rings. The van der Waals surface area contributed by atoms with Crippen LogP contribution in [0.25, 0.3) is 0 Å². The van der Waals surface area contributed by atoms with Gasteiger partial charge in [-0.3, -0.25) is 0 Å². The lowest BCUT2D eigenvalue weighted by atomic mass is 10.0. The molecule has 0 aliphatic heterocycles. The van der Waals surface area contributed by atoms with Crippen molar-refractivity contribution in [2.75, 3.05) is 6.54 Å². The van der Waals surface area contributed by atoms with Gasteiger partial charge in [0.05, 0.1) is 6.04 Å². The van der Waals surface area contributed by atoms with E-state index in [2.05, 4.69) is 18.3 Å². The number of fused-ring (bicyclic) bond motifs is 1. The van der Waals surface area contributed by atoms with E-state index in [1.54, 1.807) is 12.1 Å². The lowest BCUT2D eigenvalue weighted by Gasteiger charge is -2.18. The van der Waals surface area contributed by atoms with Crippen LogP contribution in [0.3, 0.4) is 0 Å². The molecular formula is C17H20FNS. The average molecular weight is 289 g/mol. The molecule has 0 fully saturated rings. The van der Waals surface area contributed by atoms with E-state index in [0.717, 1.165) is 18.5 Å². The SMILES string of the molecule is CCCNC(c1cccc(F)c1)c1cc2c(s1)CCC2. The highest BCUT2D eigenvalue weighted by Gasteiger charge is 2.21.